The molecule has 2 atom stereocenters. The summed E-state index contributed by atoms with van der Waals surface area (Å²) >= 11 is 3.94. The minimum atomic E-state index is -1.21. The summed E-state index contributed by atoms with van der Waals surface area (Å²) in [4.78, 5) is 52.7. The van der Waals surface area contributed by atoms with Crippen LogP contribution < -0.4 is 11.1 Å². The zero-order chi connectivity index (χ0) is 23.7. The predicted octanol–water partition coefficient (Wildman–Crippen LogP) is 0.644. The van der Waals surface area contributed by atoms with E-state index in [1.54, 1.807) is 23.0 Å². The van der Waals surface area contributed by atoms with Crippen LogP contribution in [0.5, 0.6) is 0 Å². The van der Waals surface area contributed by atoms with Gasteiger partial charge in [0.2, 0.25) is 0 Å². The fraction of sp³-hybridized carbons (Fsp3) is 0.263. The summed E-state index contributed by atoms with van der Waals surface area (Å²) in [7, 11) is 1.28. The quantitative estimate of drug-likeness (QED) is 0.202. The first kappa shape index (κ1) is 26.4. The Morgan fingerprint density at radius 1 is 1.38 bits per heavy atom. The van der Waals surface area contributed by atoms with Gasteiger partial charge in [-0.05, 0) is 18.6 Å². The molecule has 4 heterocycles. The summed E-state index contributed by atoms with van der Waals surface area (Å²) in [5, 5.41) is 17.4. The average molecular weight is 531 g/mol. The van der Waals surface area contributed by atoms with Gasteiger partial charge in [0.1, 0.15) is 29.9 Å². The van der Waals surface area contributed by atoms with Gasteiger partial charge in [-0.1, -0.05) is 11.2 Å². The van der Waals surface area contributed by atoms with E-state index in [9.17, 15) is 19.5 Å². The number of carboxylic acid groups (broad SMARTS) is 1. The number of carbonyl (C=O) groups excluding carboxylic acids is 2. The molecule has 2 aliphatic heterocycles. The van der Waals surface area contributed by atoms with Gasteiger partial charge in [0, 0.05) is 16.0 Å². The van der Waals surface area contributed by atoms with E-state index in [1.165, 1.54) is 35.1 Å². The van der Waals surface area contributed by atoms with Crippen molar-refractivity contribution in [2.75, 3.05) is 18.6 Å². The molecule has 2 aliphatic rings. The number of hydrogen-bond donors (Lipinski definition) is 3. The topological polar surface area (TPSA) is 160 Å². The molecule has 34 heavy (non-hydrogen) atoms. The van der Waals surface area contributed by atoms with E-state index in [1.807, 2.05) is 6.92 Å². The number of amides is 2. The predicted molar refractivity (Wildman–Crippen MR) is 133 cm³/mol. The van der Waals surface area contributed by atoms with Gasteiger partial charge in [-0.3, -0.25) is 14.5 Å². The molecule has 0 radical (unpaired) electrons. The molecule has 1 fully saturated rings. The number of nitrogen functional groups attached to an aromatic ring is 1. The van der Waals surface area contributed by atoms with Crippen LogP contribution in [0.2, 0.25) is 0 Å². The number of nitrogens with two attached hydrogens (primary N) is 1. The van der Waals surface area contributed by atoms with Crippen molar-refractivity contribution >= 4 is 98.7 Å². The molecule has 0 saturated carbocycles. The summed E-state index contributed by atoms with van der Waals surface area (Å²) in [6.45, 7) is 1.86. The molecule has 0 unspecified atom stereocenters. The number of carbonyl (C=O) groups is 3. The van der Waals surface area contributed by atoms with Crippen molar-refractivity contribution in [1.29, 1.82) is 0 Å². The zero-order valence-electron chi connectivity index (χ0n) is 17.3. The number of aliphatic carboxylic acids is 1. The van der Waals surface area contributed by atoms with Gasteiger partial charge in [-0.2, -0.15) is 0 Å². The fourth-order valence-electron chi connectivity index (χ4n) is 3.32. The van der Waals surface area contributed by atoms with Crippen LogP contribution in [0.3, 0.4) is 0 Å². The molecule has 0 spiro atoms. The van der Waals surface area contributed by atoms with Crippen LogP contribution in [-0.2, 0) is 19.2 Å². The Hall–Kier alpha value is -2.23. The molecule has 4 N–H and O–H groups in total. The third-order valence-electron chi connectivity index (χ3n) is 4.87. The number of nitrogens with zero attached hydrogens (tertiary/aromatic N) is 4. The van der Waals surface area contributed by atoms with Crippen LogP contribution in [0.1, 0.15) is 16.3 Å². The normalized spacial score (nSPS) is 20.0. The summed E-state index contributed by atoms with van der Waals surface area (Å²) in [6.07, 6.45) is 3.49. The fourth-order valence-corrected chi connectivity index (χ4v) is 5.88. The second-order valence-electron chi connectivity index (χ2n) is 6.87. The van der Waals surface area contributed by atoms with Crippen molar-refractivity contribution in [3.8, 4) is 0 Å². The second-order valence-corrected chi connectivity index (χ2v) is 9.75. The van der Waals surface area contributed by atoms with Crippen LogP contribution in [0.25, 0.3) is 6.08 Å². The van der Waals surface area contributed by atoms with Crippen LogP contribution in [0.4, 0.5) is 5.13 Å². The Bertz CT molecular complexity index is 1220. The minimum absolute atomic E-state index is 0. The first-order valence-electron chi connectivity index (χ1n) is 9.44. The van der Waals surface area contributed by atoms with E-state index >= 15 is 0 Å². The number of oxime groups is 1. The van der Waals surface area contributed by atoms with Gasteiger partial charge in [-0.25, -0.2) is 14.8 Å². The number of hydrogen-bond acceptors (Lipinski definition) is 11. The number of anilines is 1. The molecule has 15 heteroatoms. The maximum absolute atomic E-state index is 12.9. The Morgan fingerprint density at radius 2 is 2.15 bits per heavy atom. The van der Waals surface area contributed by atoms with Gasteiger partial charge < -0.3 is 21.0 Å². The van der Waals surface area contributed by atoms with E-state index in [0.29, 0.717) is 11.3 Å². The number of aromatic nitrogens is 2. The molecule has 2 amide bonds. The number of thioether (sulfide) groups is 1. The van der Waals surface area contributed by atoms with Gasteiger partial charge in [0.05, 0.1) is 11.2 Å². The van der Waals surface area contributed by atoms with Crippen LogP contribution in [0.15, 0.2) is 33.4 Å². The first-order valence-corrected chi connectivity index (χ1v) is 12.2. The Kier molecular flexibility index (Phi) is 8.54. The summed E-state index contributed by atoms with van der Waals surface area (Å²) < 4.78 is 0. The number of nitrogens with one attached hydrogen (secondary N) is 1. The molecular formula is C19H19N6NaO5S3. The van der Waals surface area contributed by atoms with Crippen molar-refractivity contribution in [3.05, 3.63) is 44.5 Å². The SMILES string of the molecule is CO/N=C(\C(=O)N[C@@H]1C(=O)N2C(C(=O)O)=C(/C=C\c3scnc3C)CS[C@H]12)c1csc(N)n1.[NaH]. The Morgan fingerprint density at radius 3 is 2.74 bits per heavy atom. The summed E-state index contributed by atoms with van der Waals surface area (Å²) in [6, 6.07) is -0.913. The second kappa shape index (κ2) is 11.0. The number of β-lactam (4-membered cyclic amide) rings is 1. The van der Waals surface area contributed by atoms with Crippen molar-refractivity contribution < 1.29 is 24.3 Å². The maximum atomic E-state index is 12.9. The Balaban J connectivity index is 0.00000324. The van der Waals surface area contributed by atoms with E-state index in [-0.39, 0.29) is 51.8 Å². The van der Waals surface area contributed by atoms with E-state index in [4.69, 9.17) is 10.6 Å². The monoisotopic (exact) mass is 530 g/mol. The molecule has 4 rings (SSSR count). The first-order chi connectivity index (χ1) is 15.8. The molecule has 2 aromatic rings. The van der Waals surface area contributed by atoms with E-state index < -0.39 is 29.2 Å². The van der Waals surface area contributed by atoms with Crippen molar-refractivity contribution in [2.24, 2.45) is 5.16 Å². The number of fused-ring (bicyclic) bond motifs is 1. The van der Waals surface area contributed by atoms with Crippen LogP contribution in [0, 0.1) is 6.92 Å². The van der Waals surface area contributed by atoms with Gasteiger partial charge in [-0.15, -0.1) is 34.4 Å². The molecule has 1 saturated heterocycles. The third kappa shape index (κ3) is 5.06. The molecule has 0 bridgehead atoms. The summed E-state index contributed by atoms with van der Waals surface area (Å²) in [5.41, 5.74) is 8.68. The third-order valence-corrected chi connectivity index (χ3v) is 7.74. The molecule has 2 aromatic heterocycles. The van der Waals surface area contributed by atoms with E-state index in [0.717, 1.165) is 21.9 Å². The Labute approximate surface area is 228 Å². The molecule has 174 valence electrons. The standard InChI is InChI=1S/C19H18N6O5S3.Na.H/c1-8-11(33-7-21-8)4-3-9-5-31-17-13(16(27)25(17)14(9)18(28)29)23-15(26)12(24-30-2)10-6-32-19(20)22-10;;/h3-4,6-7,13,17H,5H2,1-2H3,(H2,20,22)(H,23,26)(H,28,29);;/b4-3-,24-12-;;/t13-,17-;;/m1../s1. The molecule has 11 nitrogen and oxygen atoms in total. The molecule has 0 aliphatic carbocycles. The van der Waals surface area contributed by atoms with Crippen molar-refractivity contribution in [2.45, 2.75) is 18.3 Å². The van der Waals surface area contributed by atoms with Gasteiger partial charge in [0.15, 0.2) is 10.8 Å². The number of thiazole rings is 2. The van der Waals surface area contributed by atoms with Crippen molar-refractivity contribution in [3.63, 3.8) is 0 Å². The van der Waals surface area contributed by atoms with E-state index in [2.05, 4.69) is 20.4 Å². The number of allylic oxidation sites excluding steroid dienone is 1. The molecular weight excluding hydrogens is 511 g/mol. The van der Waals surface area contributed by atoms with Gasteiger partial charge >= 0.3 is 35.5 Å². The van der Waals surface area contributed by atoms with Crippen LogP contribution in [-0.4, -0.2) is 97.3 Å². The average Bonchev–Trinajstić information content (AvgIpc) is 3.40. The van der Waals surface area contributed by atoms with Crippen LogP contribution >= 0.6 is 34.4 Å². The number of aryl methyl sites for hydroxylation is 1. The summed E-state index contributed by atoms with van der Waals surface area (Å²) in [5.74, 6) is -2.04. The number of carboxylic acids is 1. The van der Waals surface area contributed by atoms with Crippen molar-refractivity contribution in [1.82, 2.24) is 20.2 Å². The zero-order valence-corrected chi connectivity index (χ0v) is 19.8. The molecule has 0 aromatic carbocycles. The van der Waals surface area contributed by atoms with Gasteiger partial charge in [0.25, 0.3) is 11.8 Å². The number of rotatable bonds is 7.